The Morgan fingerprint density at radius 3 is 2.25 bits per heavy atom. The number of hydrogen-bond donors (Lipinski definition) is 8. The van der Waals surface area contributed by atoms with Crippen molar-refractivity contribution in [3.8, 4) is 5.75 Å². The molecule has 12 nitrogen and oxygen atoms in total. The number of nitrogens with two attached hydrogens (primary N) is 1. The number of ether oxygens (including phenoxy) is 2. The maximum atomic E-state index is 13.2. The van der Waals surface area contributed by atoms with E-state index in [9.17, 15) is 33.3 Å². The largest absolute Gasteiger partial charge is 0.475 e. The quantitative estimate of drug-likeness (QED) is 0.122. The fraction of sp³-hybridized carbons (Fsp3) is 0.438. The van der Waals surface area contributed by atoms with Crippen molar-refractivity contribution < 1.29 is 63.8 Å². The normalized spacial score (nSPS) is 17.8. The van der Waals surface area contributed by atoms with E-state index in [1.807, 2.05) is 0 Å². The highest BCUT2D eigenvalue weighted by atomic mass is 79.9. The second-order valence-corrected chi connectivity index (χ2v) is 7.09. The van der Waals surface area contributed by atoms with Gasteiger partial charge in [-0.1, -0.05) is 15.9 Å². The lowest BCUT2D eigenvalue weighted by atomic mass is 9.98. The van der Waals surface area contributed by atoms with Gasteiger partial charge in [0.05, 0.1) is 17.2 Å². The molecule has 0 bridgehead atoms. The van der Waals surface area contributed by atoms with Crippen molar-refractivity contribution in [2.75, 3.05) is 19.9 Å². The van der Waals surface area contributed by atoms with Crippen LogP contribution in [0.25, 0.3) is 6.08 Å². The molecule has 2 aliphatic rings. The third-order valence-corrected chi connectivity index (χ3v) is 4.28. The fourth-order valence-corrected chi connectivity index (χ4v) is 2.86. The summed E-state index contributed by atoms with van der Waals surface area (Å²) in [6.45, 7) is 0.796. The van der Waals surface area contributed by atoms with E-state index in [0.717, 1.165) is 25.2 Å². The zero-order chi connectivity index (χ0) is 24.7. The highest BCUT2D eigenvalue weighted by Crippen LogP contribution is 2.42. The van der Waals surface area contributed by atoms with Gasteiger partial charge in [-0.3, -0.25) is 4.84 Å². The SMILES string of the molecule is NOCOC(=O)C1=Cc2cc(Br)cc(C(O)(O)O)c2OC1C(F)(F)F.OC1CNC1.[NH3+]O. The van der Waals surface area contributed by atoms with Gasteiger partial charge in [-0.2, -0.15) is 13.2 Å². The maximum Gasteiger partial charge on any atom is 0.430 e. The van der Waals surface area contributed by atoms with Gasteiger partial charge in [0.25, 0.3) is 0 Å². The molecule has 1 fully saturated rings. The lowest BCUT2D eigenvalue weighted by Gasteiger charge is -2.30. The zero-order valence-electron chi connectivity index (χ0n) is 16.2. The van der Waals surface area contributed by atoms with Crippen molar-refractivity contribution in [2.24, 2.45) is 5.90 Å². The smallest absolute Gasteiger partial charge is 0.430 e. The molecule has 1 aromatic carbocycles. The number of aliphatic hydroxyl groups is 4. The van der Waals surface area contributed by atoms with Gasteiger partial charge in [-0.05, 0) is 18.2 Å². The van der Waals surface area contributed by atoms with Crippen LogP contribution in [-0.2, 0) is 20.3 Å². The van der Waals surface area contributed by atoms with Gasteiger partial charge in [-0.15, -0.1) is 0 Å². The molecular formula is C16H22BrF3N3O9+. The number of halogens is 4. The number of quaternary nitrogens is 1. The first-order valence-electron chi connectivity index (χ1n) is 8.50. The van der Waals surface area contributed by atoms with Crippen LogP contribution in [0.5, 0.6) is 5.75 Å². The molecule has 11 N–H and O–H groups in total. The number of alkyl halides is 3. The molecule has 1 aromatic rings. The molecule has 2 heterocycles. The van der Waals surface area contributed by atoms with Gasteiger partial charge in [0.2, 0.25) is 12.9 Å². The van der Waals surface area contributed by atoms with E-state index in [2.05, 4.69) is 42.6 Å². The molecule has 32 heavy (non-hydrogen) atoms. The molecule has 1 saturated heterocycles. The van der Waals surface area contributed by atoms with Crippen molar-refractivity contribution in [3.05, 3.63) is 33.3 Å². The summed E-state index contributed by atoms with van der Waals surface area (Å²) in [5.41, 5.74) is -1.80. The van der Waals surface area contributed by atoms with Crippen molar-refractivity contribution in [1.29, 1.82) is 0 Å². The Morgan fingerprint density at radius 1 is 1.28 bits per heavy atom. The number of rotatable bonds is 4. The maximum absolute atomic E-state index is 13.2. The van der Waals surface area contributed by atoms with Crippen molar-refractivity contribution in [3.63, 3.8) is 0 Å². The van der Waals surface area contributed by atoms with E-state index in [0.29, 0.717) is 0 Å². The monoisotopic (exact) mass is 536 g/mol. The lowest BCUT2D eigenvalue weighted by molar-refractivity contribution is -0.670. The minimum atomic E-state index is -5.04. The summed E-state index contributed by atoms with van der Waals surface area (Å²) < 4.78 is 49.1. The molecule has 0 spiro atoms. The Hall–Kier alpha value is -1.86. The number of carbonyl (C=O) groups is 1. The number of aliphatic hydroxyl groups excluding tert-OH is 1. The topological polar surface area (TPSA) is 212 Å². The molecule has 0 radical (unpaired) electrons. The molecule has 0 saturated carbocycles. The standard InChI is InChI=1S/C13H11BrF3NO7.C3H7NO.H4NO/c14-6-1-5-2-7(11(19)23-4-24-18)10(12(15,16)17)25-9(5)8(3-6)13(20,21)22;5-3-1-4-2-3;1-2/h1-3,10,20-22H,4,18H2;3-5H,1-2H2;2H,1H3/q;;+1. The van der Waals surface area contributed by atoms with Crippen LogP contribution in [0, 0.1) is 0 Å². The number of benzene rings is 1. The second kappa shape index (κ2) is 11.8. The van der Waals surface area contributed by atoms with Crippen LogP contribution in [0.3, 0.4) is 0 Å². The van der Waals surface area contributed by atoms with Crippen LogP contribution >= 0.6 is 15.9 Å². The zero-order valence-corrected chi connectivity index (χ0v) is 17.8. The minimum Gasteiger partial charge on any atom is -0.475 e. The Morgan fingerprint density at radius 2 is 1.84 bits per heavy atom. The van der Waals surface area contributed by atoms with Crippen molar-refractivity contribution in [2.45, 2.75) is 24.4 Å². The Labute approximate surface area is 186 Å². The van der Waals surface area contributed by atoms with Crippen LogP contribution in [0.15, 0.2) is 22.2 Å². The first-order valence-corrected chi connectivity index (χ1v) is 9.29. The number of β-amino-alcohol motifs (C(OH)–C–C–N with tert-alkyl or cyclic N) is 1. The minimum absolute atomic E-state index is 0.0463. The molecule has 1 unspecified atom stereocenters. The highest BCUT2D eigenvalue weighted by Gasteiger charge is 2.50. The van der Waals surface area contributed by atoms with Crippen molar-refractivity contribution >= 4 is 28.0 Å². The molecule has 0 aliphatic carbocycles. The second-order valence-electron chi connectivity index (χ2n) is 6.17. The van der Waals surface area contributed by atoms with Crippen LogP contribution in [-0.4, -0.2) is 69.9 Å². The first kappa shape index (κ1) is 28.2. The third kappa shape index (κ3) is 7.62. The molecule has 182 valence electrons. The summed E-state index contributed by atoms with van der Waals surface area (Å²) in [7, 11) is 0. The summed E-state index contributed by atoms with van der Waals surface area (Å²) in [5.74, 6) is 1.37. The van der Waals surface area contributed by atoms with Crippen LogP contribution in [0.2, 0.25) is 0 Å². The molecule has 1 atom stereocenters. The van der Waals surface area contributed by atoms with E-state index in [1.165, 1.54) is 6.07 Å². The predicted octanol–water partition coefficient (Wildman–Crippen LogP) is -1.80. The summed E-state index contributed by atoms with van der Waals surface area (Å²) in [6, 6.07) is 2.19. The van der Waals surface area contributed by atoms with E-state index in [1.54, 1.807) is 0 Å². The molecule has 16 heteroatoms. The summed E-state index contributed by atoms with van der Waals surface area (Å²) >= 11 is 2.99. The van der Waals surface area contributed by atoms with Gasteiger partial charge in [0, 0.05) is 23.1 Å². The highest BCUT2D eigenvalue weighted by molar-refractivity contribution is 9.10. The van der Waals surface area contributed by atoms with Gasteiger partial charge >= 0.3 is 18.1 Å². The number of nitrogens with one attached hydrogen (secondary N) is 1. The summed E-state index contributed by atoms with van der Waals surface area (Å²) in [5, 5.41) is 46.1. The van der Waals surface area contributed by atoms with E-state index >= 15 is 0 Å². The first-order chi connectivity index (χ1) is 14.8. The van der Waals surface area contributed by atoms with E-state index in [4.69, 9.17) is 15.1 Å². The van der Waals surface area contributed by atoms with E-state index < -0.39 is 47.9 Å². The lowest BCUT2D eigenvalue weighted by Crippen LogP contribution is -2.46. The van der Waals surface area contributed by atoms with Crippen LogP contribution in [0.1, 0.15) is 11.1 Å². The predicted molar refractivity (Wildman–Crippen MR) is 101 cm³/mol. The van der Waals surface area contributed by atoms with Crippen LogP contribution in [0.4, 0.5) is 13.2 Å². The average molecular weight is 537 g/mol. The Kier molecular flexibility index (Phi) is 10.4. The van der Waals surface area contributed by atoms with Gasteiger partial charge in [-0.25, -0.2) is 21.8 Å². The third-order valence-electron chi connectivity index (χ3n) is 3.82. The summed E-state index contributed by atoms with van der Waals surface area (Å²) in [6.07, 6.45) is -7.07. The van der Waals surface area contributed by atoms with Gasteiger partial charge in [0.15, 0.2) is 0 Å². The fourth-order valence-electron chi connectivity index (χ4n) is 2.38. The van der Waals surface area contributed by atoms with E-state index in [-0.39, 0.29) is 16.1 Å². The number of carbonyl (C=O) groups excluding carboxylic acids is 1. The Bertz CT molecular complexity index is 814. The van der Waals surface area contributed by atoms with Gasteiger partial charge < -0.3 is 35.2 Å². The van der Waals surface area contributed by atoms with Crippen LogP contribution < -0.4 is 21.8 Å². The van der Waals surface area contributed by atoms with Gasteiger partial charge in [0.1, 0.15) is 5.75 Å². The number of esters is 1. The number of fused-ring (bicyclic) bond motifs is 1. The number of hydrogen-bond acceptors (Lipinski definition) is 11. The molecule has 2 aliphatic heterocycles. The Balaban J connectivity index is 0.000000629. The molecule has 0 aromatic heterocycles. The molecule has 3 rings (SSSR count). The average Bonchev–Trinajstić information content (AvgIpc) is 2.69. The molecular weight excluding hydrogens is 515 g/mol. The summed E-state index contributed by atoms with van der Waals surface area (Å²) in [4.78, 5) is 15.8. The van der Waals surface area contributed by atoms with Crippen molar-refractivity contribution in [1.82, 2.24) is 5.32 Å². The molecule has 0 amide bonds.